The molecule has 0 amide bonds. The van der Waals surface area contributed by atoms with Crippen molar-refractivity contribution in [1.82, 2.24) is 9.97 Å². The second-order valence-electron chi connectivity index (χ2n) is 11.3. The minimum atomic E-state index is 0.0155. The van der Waals surface area contributed by atoms with Gasteiger partial charge in [0, 0.05) is 35.3 Å². The van der Waals surface area contributed by atoms with Crippen LogP contribution in [0.2, 0.25) is 0 Å². The van der Waals surface area contributed by atoms with Gasteiger partial charge in [0.15, 0.2) is 5.58 Å². The van der Waals surface area contributed by atoms with Crippen LogP contribution in [0.15, 0.2) is 65.3 Å². The molecule has 35 heavy (non-hydrogen) atoms. The molecule has 0 radical (unpaired) electrons. The zero-order valence-electron chi connectivity index (χ0n) is 21.3. The van der Waals surface area contributed by atoms with Crippen LogP contribution >= 0.6 is 0 Å². The summed E-state index contributed by atoms with van der Waals surface area (Å²) in [5.74, 6) is 1.65. The van der Waals surface area contributed by atoms with Crippen LogP contribution in [0.5, 0.6) is 0 Å². The minimum absolute atomic E-state index is 0.0155. The fraction of sp³-hybridized carbons (Fsp3) is 0.312. The highest BCUT2D eigenvalue weighted by Gasteiger charge is 2.28. The lowest BCUT2D eigenvalue weighted by molar-refractivity contribution is 0.543. The monoisotopic (exact) mass is 460 g/mol. The second kappa shape index (κ2) is 8.05. The van der Waals surface area contributed by atoms with Gasteiger partial charge in [-0.15, -0.1) is 0 Å². The fourth-order valence-electron chi connectivity index (χ4n) is 5.68. The van der Waals surface area contributed by atoms with E-state index in [1.807, 2.05) is 12.4 Å². The number of aromatic nitrogens is 2. The van der Waals surface area contributed by atoms with E-state index >= 15 is 0 Å². The number of benzene rings is 2. The molecular formula is C32H32N2O. The molecule has 0 aliphatic heterocycles. The van der Waals surface area contributed by atoms with E-state index in [1.165, 1.54) is 27.5 Å². The van der Waals surface area contributed by atoms with E-state index in [2.05, 4.69) is 83.1 Å². The van der Waals surface area contributed by atoms with E-state index in [-0.39, 0.29) is 5.41 Å². The Balaban J connectivity index is 1.58. The molecule has 0 N–H and O–H groups in total. The van der Waals surface area contributed by atoms with Gasteiger partial charge in [0.1, 0.15) is 11.5 Å². The Morgan fingerprint density at radius 2 is 1.66 bits per heavy atom. The molecule has 5 aromatic rings. The summed E-state index contributed by atoms with van der Waals surface area (Å²) < 4.78 is 6.59. The zero-order valence-corrected chi connectivity index (χ0v) is 21.3. The topological polar surface area (TPSA) is 38.9 Å². The van der Waals surface area contributed by atoms with Crippen molar-refractivity contribution in [2.45, 2.75) is 59.3 Å². The molecule has 2 aromatic carbocycles. The number of hydrogen-bond donors (Lipinski definition) is 0. The third-order valence-electron chi connectivity index (χ3n) is 7.24. The summed E-state index contributed by atoms with van der Waals surface area (Å²) in [6, 6.07) is 17.5. The molecule has 3 aromatic heterocycles. The molecule has 1 aliphatic rings. The molecule has 0 spiro atoms. The van der Waals surface area contributed by atoms with Gasteiger partial charge in [0.2, 0.25) is 0 Å². The smallest absolute Gasteiger partial charge is 0.161 e. The average molecular weight is 461 g/mol. The number of furan rings is 1. The summed E-state index contributed by atoms with van der Waals surface area (Å²) in [6.07, 6.45) is 6.84. The highest BCUT2D eigenvalue weighted by Crippen LogP contribution is 2.44. The number of hydrogen-bond acceptors (Lipinski definition) is 3. The van der Waals surface area contributed by atoms with Gasteiger partial charge in [-0.3, -0.25) is 9.97 Å². The molecule has 3 nitrogen and oxygen atoms in total. The Kier molecular flexibility index (Phi) is 5.07. The normalized spacial score (nSPS) is 13.4. The lowest BCUT2D eigenvalue weighted by Gasteiger charge is -2.22. The zero-order chi connectivity index (χ0) is 24.3. The van der Waals surface area contributed by atoms with E-state index in [4.69, 9.17) is 14.4 Å². The van der Waals surface area contributed by atoms with Crippen LogP contribution < -0.4 is 0 Å². The first-order valence-electron chi connectivity index (χ1n) is 12.7. The Morgan fingerprint density at radius 3 is 2.46 bits per heavy atom. The molecule has 0 fully saturated rings. The van der Waals surface area contributed by atoms with Crippen LogP contribution in [0.3, 0.4) is 0 Å². The molecule has 0 bridgehead atoms. The Hall–Kier alpha value is -3.46. The molecule has 0 unspecified atom stereocenters. The largest absolute Gasteiger partial charge is 0.458 e. The lowest BCUT2D eigenvalue weighted by Crippen LogP contribution is -2.12. The summed E-state index contributed by atoms with van der Waals surface area (Å²) in [5, 5.41) is 3.64. The first kappa shape index (κ1) is 22.0. The number of pyridine rings is 2. The minimum Gasteiger partial charge on any atom is -0.458 e. The Labute approximate surface area is 207 Å². The van der Waals surface area contributed by atoms with E-state index in [9.17, 15) is 0 Å². The molecule has 3 heterocycles. The summed E-state index contributed by atoms with van der Waals surface area (Å²) in [6.45, 7) is 11.4. The average Bonchev–Trinajstić information content (AvgIpc) is 3.22. The molecule has 176 valence electrons. The maximum Gasteiger partial charge on any atom is 0.161 e. The van der Waals surface area contributed by atoms with Crippen molar-refractivity contribution >= 4 is 21.7 Å². The van der Waals surface area contributed by atoms with Crippen LogP contribution in [0.1, 0.15) is 57.1 Å². The Bertz CT molecular complexity index is 1580. The Morgan fingerprint density at radius 1 is 0.886 bits per heavy atom. The maximum absolute atomic E-state index is 6.59. The molecule has 1 aliphatic carbocycles. The van der Waals surface area contributed by atoms with Gasteiger partial charge in [-0.05, 0) is 75.9 Å². The first-order chi connectivity index (χ1) is 16.8. The van der Waals surface area contributed by atoms with Gasteiger partial charge in [-0.2, -0.15) is 0 Å². The number of aryl methyl sites for hydroxylation is 1. The summed E-state index contributed by atoms with van der Waals surface area (Å²) in [4.78, 5) is 9.71. The molecule has 6 rings (SSSR count). The SMILES string of the molecule is CC(C)Cc1ccnc2c1CCc1oc3c(-c4cc(C(C)(C)C)c5ccccc5c4)nccc3c1-2. The van der Waals surface area contributed by atoms with Crippen molar-refractivity contribution in [2.75, 3.05) is 0 Å². The highest BCUT2D eigenvalue weighted by atomic mass is 16.3. The van der Waals surface area contributed by atoms with Gasteiger partial charge >= 0.3 is 0 Å². The van der Waals surface area contributed by atoms with Gasteiger partial charge in [0.05, 0.1) is 5.69 Å². The molecular weight excluding hydrogens is 428 g/mol. The van der Waals surface area contributed by atoms with Crippen molar-refractivity contribution in [3.63, 3.8) is 0 Å². The quantitative estimate of drug-likeness (QED) is 0.272. The number of fused-ring (bicyclic) bond motifs is 6. The third kappa shape index (κ3) is 3.65. The van der Waals surface area contributed by atoms with Gasteiger partial charge in [-0.25, -0.2) is 0 Å². The van der Waals surface area contributed by atoms with E-state index < -0.39 is 0 Å². The summed E-state index contributed by atoms with van der Waals surface area (Å²) in [7, 11) is 0. The lowest BCUT2D eigenvalue weighted by atomic mass is 9.82. The van der Waals surface area contributed by atoms with E-state index in [1.54, 1.807) is 0 Å². The first-order valence-corrected chi connectivity index (χ1v) is 12.7. The van der Waals surface area contributed by atoms with E-state index in [0.717, 1.165) is 58.5 Å². The maximum atomic E-state index is 6.59. The van der Waals surface area contributed by atoms with Gasteiger partial charge in [-0.1, -0.05) is 58.9 Å². The second-order valence-corrected chi connectivity index (χ2v) is 11.3. The van der Waals surface area contributed by atoms with Crippen LogP contribution in [-0.4, -0.2) is 9.97 Å². The number of nitrogens with zero attached hydrogens (tertiary/aromatic N) is 2. The van der Waals surface area contributed by atoms with Crippen molar-refractivity contribution in [2.24, 2.45) is 5.92 Å². The summed E-state index contributed by atoms with van der Waals surface area (Å²) >= 11 is 0. The van der Waals surface area contributed by atoms with Crippen LogP contribution in [0.25, 0.3) is 44.3 Å². The van der Waals surface area contributed by atoms with Gasteiger partial charge < -0.3 is 4.42 Å². The van der Waals surface area contributed by atoms with Crippen molar-refractivity contribution in [3.05, 3.63) is 83.4 Å². The van der Waals surface area contributed by atoms with Crippen molar-refractivity contribution in [1.29, 1.82) is 0 Å². The number of rotatable bonds is 3. The highest BCUT2D eigenvalue weighted by molar-refractivity contribution is 6.03. The van der Waals surface area contributed by atoms with Crippen LogP contribution in [0, 0.1) is 5.92 Å². The fourth-order valence-corrected chi connectivity index (χ4v) is 5.68. The van der Waals surface area contributed by atoms with Crippen LogP contribution in [-0.2, 0) is 24.7 Å². The molecule has 0 saturated carbocycles. The molecule has 0 saturated heterocycles. The predicted octanol–water partition coefficient (Wildman–Crippen LogP) is 8.30. The third-order valence-corrected chi connectivity index (χ3v) is 7.24. The summed E-state index contributed by atoms with van der Waals surface area (Å²) in [5.41, 5.74) is 9.28. The van der Waals surface area contributed by atoms with Crippen LogP contribution in [0.4, 0.5) is 0 Å². The van der Waals surface area contributed by atoms with Gasteiger partial charge in [0.25, 0.3) is 0 Å². The van der Waals surface area contributed by atoms with E-state index in [0.29, 0.717) is 5.92 Å². The predicted molar refractivity (Wildman–Crippen MR) is 145 cm³/mol. The van der Waals surface area contributed by atoms with Crippen molar-refractivity contribution in [3.8, 4) is 22.5 Å². The standard InChI is InChI=1S/C32H32N2O/c1-19(2)16-21-12-14-34-30-24(21)10-11-27-28(30)25-13-15-33-29(31(25)35-27)22-17-20-8-6-7-9-23(20)26(18-22)32(3,4)5/h6-9,12-15,17-19H,10-11,16H2,1-5H3. The molecule has 3 heteroatoms. The van der Waals surface area contributed by atoms with Crippen molar-refractivity contribution < 1.29 is 4.42 Å². The molecule has 0 atom stereocenters.